The average molecular weight is 297 g/mol. The molecule has 21 heavy (non-hydrogen) atoms. The molecule has 116 valence electrons. The van der Waals surface area contributed by atoms with Gasteiger partial charge in [0.2, 0.25) is 17.7 Å². The summed E-state index contributed by atoms with van der Waals surface area (Å²) in [5.41, 5.74) is 10.9. The molecule has 0 aliphatic carbocycles. The van der Waals surface area contributed by atoms with E-state index in [2.05, 4.69) is 5.32 Å². The van der Waals surface area contributed by atoms with Crippen molar-refractivity contribution in [1.29, 1.82) is 0 Å². The minimum absolute atomic E-state index is 0.0768. The fourth-order valence-electron chi connectivity index (χ4n) is 2.89. The van der Waals surface area contributed by atoms with E-state index in [9.17, 15) is 19.2 Å². The van der Waals surface area contributed by atoms with Crippen molar-refractivity contribution in [3.05, 3.63) is 0 Å². The Morgan fingerprint density at radius 2 is 1.90 bits per heavy atom. The van der Waals surface area contributed by atoms with Gasteiger partial charge in [0.15, 0.2) is 0 Å². The Bertz CT molecular complexity index is 480. The van der Waals surface area contributed by atoms with E-state index >= 15 is 0 Å². The summed E-state index contributed by atoms with van der Waals surface area (Å²) in [7, 11) is 0. The first-order chi connectivity index (χ1) is 9.92. The lowest BCUT2D eigenvalue weighted by molar-refractivity contribution is -0.135. The van der Waals surface area contributed by atoms with E-state index in [-0.39, 0.29) is 44.0 Å². The summed E-state index contributed by atoms with van der Waals surface area (Å²) in [5, 5.41) is 2.11. The van der Waals surface area contributed by atoms with Gasteiger partial charge in [-0.3, -0.25) is 19.7 Å². The smallest absolute Gasteiger partial charge is 0.325 e. The number of nitrogens with zero attached hydrogens (tertiary/aromatic N) is 2. The van der Waals surface area contributed by atoms with Crippen molar-refractivity contribution in [1.82, 2.24) is 15.1 Å². The van der Waals surface area contributed by atoms with Gasteiger partial charge >= 0.3 is 6.03 Å². The molecule has 0 aromatic heterocycles. The SMILES string of the molecule is NC[C@@H]1CC[C@H](CC(N)=O)N1C(=O)CN1CC(=O)NC1=O. The largest absolute Gasteiger partial charge is 0.370 e. The van der Waals surface area contributed by atoms with Gasteiger partial charge in [-0.15, -0.1) is 0 Å². The minimum atomic E-state index is -0.580. The zero-order valence-corrected chi connectivity index (χ0v) is 11.6. The predicted octanol–water partition coefficient (Wildman–Crippen LogP) is -2.27. The number of hydrogen-bond donors (Lipinski definition) is 3. The summed E-state index contributed by atoms with van der Waals surface area (Å²) in [4.78, 5) is 48.8. The Morgan fingerprint density at radius 3 is 2.43 bits per heavy atom. The first-order valence-corrected chi connectivity index (χ1v) is 6.80. The van der Waals surface area contributed by atoms with Gasteiger partial charge < -0.3 is 21.3 Å². The van der Waals surface area contributed by atoms with Crippen LogP contribution in [0.3, 0.4) is 0 Å². The first kappa shape index (κ1) is 15.2. The number of likely N-dealkylation sites (tertiary alicyclic amines) is 1. The van der Waals surface area contributed by atoms with E-state index in [0.29, 0.717) is 12.8 Å². The van der Waals surface area contributed by atoms with Crippen LogP contribution in [0.5, 0.6) is 0 Å². The van der Waals surface area contributed by atoms with Crippen LogP contribution in [0.25, 0.3) is 0 Å². The van der Waals surface area contributed by atoms with Crippen LogP contribution in [0.15, 0.2) is 0 Å². The van der Waals surface area contributed by atoms with Crippen molar-refractivity contribution in [2.45, 2.75) is 31.3 Å². The summed E-state index contributed by atoms with van der Waals surface area (Å²) in [6.07, 6.45) is 1.43. The van der Waals surface area contributed by atoms with Gasteiger partial charge in [0, 0.05) is 25.0 Å². The van der Waals surface area contributed by atoms with Gasteiger partial charge in [0.25, 0.3) is 0 Å². The molecule has 2 fully saturated rings. The number of carbonyl (C=O) groups excluding carboxylic acids is 4. The monoisotopic (exact) mass is 297 g/mol. The van der Waals surface area contributed by atoms with Crippen LogP contribution in [0.2, 0.25) is 0 Å². The Morgan fingerprint density at radius 1 is 1.24 bits per heavy atom. The molecule has 0 radical (unpaired) electrons. The normalized spacial score (nSPS) is 25.4. The second kappa shape index (κ2) is 6.08. The standard InChI is InChI=1S/C12H19N5O4/c13-4-8-2-1-7(3-9(14)18)17(8)11(20)6-16-5-10(19)15-12(16)21/h7-8H,1-6,13H2,(H2,14,18)(H,15,19,21)/t7-,8+/m1/s1. The minimum Gasteiger partial charge on any atom is -0.370 e. The zero-order chi connectivity index (χ0) is 15.6. The third-order valence-electron chi connectivity index (χ3n) is 3.81. The predicted molar refractivity (Wildman–Crippen MR) is 71.6 cm³/mol. The fourth-order valence-corrected chi connectivity index (χ4v) is 2.89. The highest BCUT2D eigenvalue weighted by atomic mass is 16.2. The number of carbonyl (C=O) groups is 4. The molecule has 2 heterocycles. The van der Waals surface area contributed by atoms with E-state index in [4.69, 9.17) is 11.5 Å². The number of primary amides is 1. The second-order valence-corrected chi connectivity index (χ2v) is 5.30. The van der Waals surface area contributed by atoms with Crippen LogP contribution in [0.4, 0.5) is 4.79 Å². The highest BCUT2D eigenvalue weighted by Gasteiger charge is 2.38. The molecule has 9 heteroatoms. The van der Waals surface area contributed by atoms with Gasteiger partial charge in [0.05, 0.1) is 0 Å². The number of nitrogens with one attached hydrogen (secondary N) is 1. The molecular formula is C12H19N5O4. The lowest BCUT2D eigenvalue weighted by Gasteiger charge is -2.30. The molecule has 2 atom stereocenters. The van der Waals surface area contributed by atoms with Crippen molar-refractivity contribution in [3.8, 4) is 0 Å². The Labute approximate surface area is 121 Å². The molecule has 9 nitrogen and oxygen atoms in total. The first-order valence-electron chi connectivity index (χ1n) is 6.80. The lowest BCUT2D eigenvalue weighted by atomic mass is 10.1. The van der Waals surface area contributed by atoms with Crippen molar-refractivity contribution >= 4 is 23.8 Å². The Balaban J connectivity index is 2.05. The average Bonchev–Trinajstić information content (AvgIpc) is 2.92. The summed E-state index contributed by atoms with van der Waals surface area (Å²) < 4.78 is 0. The van der Waals surface area contributed by atoms with Gasteiger partial charge in [-0.1, -0.05) is 0 Å². The van der Waals surface area contributed by atoms with E-state index in [1.54, 1.807) is 4.90 Å². The van der Waals surface area contributed by atoms with Gasteiger partial charge in [-0.25, -0.2) is 4.79 Å². The fraction of sp³-hybridized carbons (Fsp3) is 0.667. The Kier molecular flexibility index (Phi) is 4.41. The molecule has 2 saturated heterocycles. The number of rotatable bonds is 5. The summed E-state index contributed by atoms with van der Waals surface area (Å²) in [6, 6.07) is -1.03. The van der Waals surface area contributed by atoms with Crippen LogP contribution in [-0.2, 0) is 14.4 Å². The number of nitrogens with two attached hydrogens (primary N) is 2. The quantitative estimate of drug-likeness (QED) is 0.491. The van der Waals surface area contributed by atoms with Gasteiger partial charge in [-0.2, -0.15) is 0 Å². The van der Waals surface area contributed by atoms with Gasteiger partial charge in [-0.05, 0) is 12.8 Å². The van der Waals surface area contributed by atoms with E-state index in [0.717, 1.165) is 4.90 Å². The van der Waals surface area contributed by atoms with E-state index in [1.807, 2.05) is 0 Å². The van der Waals surface area contributed by atoms with Crippen LogP contribution >= 0.6 is 0 Å². The van der Waals surface area contributed by atoms with Crippen molar-refractivity contribution < 1.29 is 19.2 Å². The van der Waals surface area contributed by atoms with Crippen LogP contribution in [-0.4, -0.2) is 65.3 Å². The molecule has 0 saturated carbocycles. The molecule has 0 aromatic carbocycles. The van der Waals surface area contributed by atoms with E-state index in [1.165, 1.54) is 0 Å². The molecule has 5 amide bonds. The highest BCUT2D eigenvalue weighted by molar-refractivity contribution is 6.03. The Hall–Kier alpha value is -2.16. The van der Waals surface area contributed by atoms with Crippen LogP contribution < -0.4 is 16.8 Å². The molecule has 0 aromatic rings. The summed E-state index contributed by atoms with van der Waals surface area (Å²) in [5.74, 6) is -1.23. The van der Waals surface area contributed by atoms with Gasteiger partial charge in [0.1, 0.15) is 13.1 Å². The third-order valence-corrected chi connectivity index (χ3v) is 3.81. The van der Waals surface area contributed by atoms with Crippen molar-refractivity contribution in [2.24, 2.45) is 11.5 Å². The molecule has 0 bridgehead atoms. The number of amides is 5. The molecule has 2 rings (SSSR count). The number of hydrogen-bond acceptors (Lipinski definition) is 5. The molecule has 5 N–H and O–H groups in total. The summed E-state index contributed by atoms with van der Waals surface area (Å²) in [6.45, 7) is -0.0539. The van der Waals surface area contributed by atoms with Crippen molar-refractivity contribution in [2.75, 3.05) is 19.6 Å². The summed E-state index contributed by atoms with van der Waals surface area (Å²) >= 11 is 0. The van der Waals surface area contributed by atoms with Crippen molar-refractivity contribution in [3.63, 3.8) is 0 Å². The molecule has 2 aliphatic heterocycles. The van der Waals surface area contributed by atoms with E-state index < -0.39 is 17.8 Å². The van der Waals surface area contributed by atoms with Crippen LogP contribution in [0.1, 0.15) is 19.3 Å². The zero-order valence-electron chi connectivity index (χ0n) is 11.6. The lowest BCUT2D eigenvalue weighted by Crippen LogP contribution is -2.50. The van der Waals surface area contributed by atoms with Crippen LogP contribution in [0, 0.1) is 0 Å². The maximum absolute atomic E-state index is 12.4. The maximum atomic E-state index is 12.4. The maximum Gasteiger partial charge on any atom is 0.325 e. The highest BCUT2D eigenvalue weighted by Crippen LogP contribution is 2.26. The second-order valence-electron chi connectivity index (χ2n) is 5.30. The third kappa shape index (κ3) is 3.30. The molecule has 0 spiro atoms. The topological polar surface area (TPSA) is 139 Å². The molecule has 2 aliphatic rings. The molecule has 0 unspecified atom stereocenters. The molecular weight excluding hydrogens is 278 g/mol. The number of imide groups is 1. The number of urea groups is 1.